The second-order valence-electron chi connectivity index (χ2n) is 6.85. The second kappa shape index (κ2) is 10.2. The molecule has 154 valence electrons. The quantitative estimate of drug-likeness (QED) is 0.763. The van der Waals surface area contributed by atoms with E-state index in [-0.39, 0.29) is 18.0 Å². The van der Waals surface area contributed by atoms with Crippen molar-refractivity contribution in [3.05, 3.63) is 64.7 Å². The molecule has 29 heavy (non-hydrogen) atoms. The summed E-state index contributed by atoms with van der Waals surface area (Å²) in [6, 6.07) is 14.6. The van der Waals surface area contributed by atoms with Crippen LogP contribution in [0.3, 0.4) is 0 Å². The summed E-state index contributed by atoms with van der Waals surface area (Å²) in [6.45, 7) is 3.63. The lowest BCUT2D eigenvalue weighted by atomic mass is 10.0. The second-order valence-corrected chi connectivity index (χ2v) is 7.28. The number of hydrogen-bond donors (Lipinski definition) is 1. The van der Waals surface area contributed by atoms with Gasteiger partial charge in [0.1, 0.15) is 12.4 Å². The number of likely N-dealkylation sites (tertiary alicyclic amines) is 1. The molecule has 1 fully saturated rings. The summed E-state index contributed by atoms with van der Waals surface area (Å²) in [7, 11) is 0. The molecule has 1 N–H and O–H groups in total. The van der Waals surface area contributed by atoms with E-state index in [0.29, 0.717) is 55.5 Å². The van der Waals surface area contributed by atoms with E-state index < -0.39 is 0 Å². The molecule has 2 aromatic rings. The lowest BCUT2D eigenvalue weighted by molar-refractivity contribution is 0.0857. The molecular weight excluding hydrogens is 392 g/mol. The summed E-state index contributed by atoms with van der Waals surface area (Å²) in [5.41, 5.74) is 1.46. The van der Waals surface area contributed by atoms with Gasteiger partial charge in [0.15, 0.2) is 0 Å². The first-order valence-corrected chi connectivity index (χ1v) is 10.1. The van der Waals surface area contributed by atoms with Crippen LogP contribution < -0.4 is 10.1 Å². The third-order valence-corrected chi connectivity index (χ3v) is 5.05. The molecule has 1 saturated heterocycles. The number of benzene rings is 2. The van der Waals surface area contributed by atoms with Crippen molar-refractivity contribution >= 4 is 23.6 Å². The third-order valence-electron chi connectivity index (χ3n) is 4.80. The van der Waals surface area contributed by atoms with Gasteiger partial charge in [-0.3, -0.25) is 4.79 Å². The van der Waals surface area contributed by atoms with E-state index in [2.05, 4.69) is 5.32 Å². The van der Waals surface area contributed by atoms with Gasteiger partial charge in [-0.2, -0.15) is 0 Å². The largest absolute Gasteiger partial charge is 0.488 e. The molecule has 1 aliphatic rings. The number of rotatable bonds is 6. The van der Waals surface area contributed by atoms with Gasteiger partial charge in [0.25, 0.3) is 5.91 Å². The highest BCUT2D eigenvalue weighted by Crippen LogP contribution is 2.21. The number of para-hydroxylation sites is 1. The minimum atomic E-state index is -0.293. The van der Waals surface area contributed by atoms with E-state index in [0.717, 1.165) is 5.56 Å². The van der Waals surface area contributed by atoms with Gasteiger partial charge in [-0.25, -0.2) is 4.79 Å². The number of amides is 2. The predicted molar refractivity (Wildman–Crippen MR) is 111 cm³/mol. The SMILES string of the molecule is CCOC(=O)N1CCC(NC(=O)c2ccccc2OCc2ccc(Cl)cc2)CC1. The van der Waals surface area contributed by atoms with E-state index in [1.165, 1.54) is 0 Å². The molecule has 0 aliphatic carbocycles. The molecule has 7 heteroatoms. The van der Waals surface area contributed by atoms with Gasteiger partial charge in [-0.1, -0.05) is 35.9 Å². The monoisotopic (exact) mass is 416 g/mol. The topological polar surface area (TPSA) is 67.9 Å². The highest BCUT2D eigenvalue weighted by molar-refractivity contribution is 6.30. The Balaban J connectivity index is 1.56. The Morgan fingerprint density at radius 3 is 2.48 bits per heavy atom. The zero-order chi connectivity index (χ0) is 20.6. The summed E-state index contributed by atoms with van der Waals surface area (Å²) in [4.78, 5) is 26.3. The van der Waals surface area contributed by atoms with Crippen molar-refractivity contribution in [3.63, 3.8) is 0 Å². The van der Waals surface area contributed by atoms with Crippen LogP contribution in [0.5, 0.6) is 5.75 Å². The number of nitrogens with zero attached hydrogens (tertiary/aromatic N) is 1. The van der Waals surface area contributed by atoms with Crippen molar-refractivity contribution in [3.8, 4) is 5.75 Å². The third kappa shape index (κ3) is 5.87. The zero-order valence-electron chi connectivity index (χ0n) is 16.4. The number of carbonyl (C=O) groups excluding carboxylic acids is 2. The number of ether oxygens (including phenoxy) is 2. The first kappa shape index (κ1) is 21.0. The first-order chi connectivity index (χ1) is 14.1. The maximum Gasteiger partial charge on any atom is 0.409 e. The number of halogens is 1. The summed E-state index contributed by atoms with van der Waals surface area (Å²) in [6.07, 6.45) is 1.09. The molecule has 1 aliphatic heterocycles. The average molecular weight is 417 g/mol. The summed E-state index contributed by atoms with van der Waals surface area (Å²) in [5, 5.41) is 3.73. The number of carbonyl (C=O) groups is 2. The van der Waals surface area contributed by atoms with E-state index in [1.807, 2.05) is 36.4 Å². The Bertz CT molecular complexity index is 833. The Morgan fingerprint density at radius 1 is 1.10 bits per heavy atom. The minimum absolute atomic E-state index is 0.0116. The smallest absolute Gasteiger partial charge is 0.409 e. The van der Waals surface area contributed by atoms with Crippen molar-refractivity contribution in [1.29, 1.82) is 0 Å². The maximum absolute atomic E-state index is 12.8. The van der Waals surface area contributed by atoms with Gasteiger partial charge in [0, 0.05) is 24.2 Å². The van der Waals surface area contributed by atoms with E-state index in [4.69, 9.17) is 21.1 Å². The molecule has 0 spiro atoms. The molecule has 3 rings (SSSR count). The van der Waals surface area contributed by atoms with Gasteiger partial charge < -0.3 is 19.7 Å². The van der Waals surface area contributed by atoms with Gasteiger partial charge in [-0.15, -0.1) is 0 Å². The molecule has 2 aromatic carbocycles. The van der Waals surface area contributed by atoms with Gasteiger partial charge in [0.2, 0.25) is 0 Å². The minimum Gasteiger partial charge on any atom is -0.488 e. The van der Waals surface area contributed by atoms with Crippen molar-refractivity contribution in [1.82, 2.24) is 10.2 Å². The lowest BCUT2D eigenvalue weighted by Gasteiger charge is -2.31. The molecule has 1 heterocycles. The van der Waals surface area contributed by atoms with Crippen LogP contribution >= 0.6 is 11.6 Å². The van der Waals surface area contributed by atoms with Crippen LogP contribution in [-0.2, 0) is 11.3 Å². The van der Waals surface area contributed by atoms with Gasteiger partial charge in [0.05, 0.1) is 12.2 Å². The molecule has 0 bridgehead atoms. The number of hydrogen-bond acceptors (Lipinski definition) is 4. The van der Waals surface area contributed by atoms with E-state index in [1.54, 1.807) is 24.0 Å². The average Bonchev–Trinajstić information content (AvgIpc) is 2.74. The van der Waals surface area contributed by atoms with E-state index >= 15 is 0 Å². The first-order valence-electron chi connectivity index (χ1n) is 9.75. The Morgan fingerprint density at radius 2 is 1.79 bits per heavy atom. The van der Waals surface area contributed by atoms with Crippen LogP contribution in [-0.4, -0.2) is 42.6 Å². The fraction of sp³-hybridized carbons (Fsp3) is 0.364. The van der Waals surface area contributed by atoms with Crippen molar-refractivity contribution < 1.29 is 19.1 Å². The Hall–Kier alpha value is -2.73. The number of nitrogens with one attached hydrogen (secondary N) is 1. The van der Waals surface area contributed by atoms with Crippen LogP contribution in [0, 0.1) is 0 Å². The van der Waals surface area contributed by atoms with Crippen molar-refractivity contribution in [2.24, 2.45) is 0 Å². The zero-order valence-corrected chi connectivity index (χ0v) is 17.2. The van der Waals surface area contributed by atoms with Gasteiger partial charge >= 0.3 is 6.09 Å². The van der Waals surface area contributed by atoms with Crippen molar-refractivity contribution in [2.75, 3.05) is 19.7 Å². The van der Waals surface area contributed by atoms with Crippen molar-refractivity contribution in [2.45, 2.75) is 32.4 Å². The van der Waals surface area contributed by atoms with Crippen LogP contribution in [0.15, 0.2) is 48.5 Å². The molecule has 0 saturated carbocycles. The predicted octanol–water partition coefficient (Wildman–Crippen LogP) is 4.27. The number of piperidine rings is 1. The molecular formula is C22H25ClN2O4. The molecule has 0 aromatic heterocycles. The van der Waals surface area contributed by atoms with Gasteiger partial charge in [-0.05, 0) is 49.6 Å². The van der Waals surface area contributed by atoms with E-state index in [9.17, 15) is 9.59 Å². The molecule has 6 nitrogen and oxygen atoms in total. The normalized spacial score (nSPS) is 14.3. The molecule has 0 radical (unpaired) electrons. The highest BCUT2D eigenvalue weighted by Gasteiger charge is 2.25. The van der Waals surface area contributed by atoms with Crippen LogP contribution in [0.1, 0.15) is 35.7 Å². The Kier molecular flexibility index (Phi) is 7.36. The fourth-order valence-corrected chi connectivity index (χ4v) is 3.33. The molecule has 2 amide bonds. The fourth-order valence-electron chi connectivity index (χ4n) is 3.21. The summed E-state index contributed by atoms with van der Waals surface area (Å²) in [5.74, 6) is 0.357. The standard InChI is InChI=1S/C22H25ClN2O4/c1-2-28-22(27)25-13-11-18(12-14-25)24-21(26)19-5-3-4-6-20(19)29-15-16-7-9-17(23)10-8-16/h3-10,18H,2,11-15H2,1H3,(H,24,26). The Labute approximate surface area is 175 Å². The van der Waals surface area contributed by atoms with Crippen LogP contribution in [0.4, 0.5) is 4.79 Å². The van der Waals surface area contributed by atoms with Crippen LogP contribution in [0.2, 0.25) is 5.02 Å². The van der Waals surface area contributed by atoms with Crippen LogP contribution in [0.25, 0.3) is 0 Å². The summed E-state index contributed by atoms with van der Waals surface area (Å²) < 4.78 is 10.9. The summed E-state index contributed by atoms with van der Waals surface area (Å²) >= 11 is 5.91. The highest BCUT2D eigenvalue weighted by atomic mass is 35.5. The lowest BCUT2D eigenvalue weighted by Crippen LogP contribution is -2.46. The molecule has 0 atom stereocenters. The maximum atomic E-state index is 12.8. The molecule has 0 unspecified atom stereocenters.